The standard InChI is InChI=1S/C20H25N3O4S/c1-20(2,3)23(14-8-6-10-21-12-14)19(26)27-15-9-5-4-7-13(15)11-16-17(24)22-18(25)28-16/h4-5,7,9,11,14,21H,6,8,10,12H2,1-3H3,(H,22,24,25). The number of nitrogens with one attached hydrogen (secondary N) is 2. The number of nitrogens with zero attached hydrogens (tertiary/aromatic N) is 1. The van der Waals surface area contributed by atoms with E-state index in [2.05, 4.69) is 10.6 Å². The van der Waals surface area contributed by atoms with E-state index in [1.54, 1.807) is 35.2 Å². The highest BCUT2D eigenvalue weighted by Gasteiger charge is 2.35. The van der Waals surface area contributed by atoms with Crippen LogP contribution in [-0.4, -0.2) is 46.8 Å². The van der Waals surface area contributed by atoms with Gasteiger partial charge in [0.15, 0.2) is 0 Å². The lowest BCUT2D eigenvalue weighted by atomic mass is 9.99. The zero-order chi connectivity index (χ0) is 20.3. The van der Waals surface area contributed by atoms with Crippen molar-refractivity contribution in [2.75, 3.05) is 13.1 Å². The van der Waals surface area contributed by atoms with Crippen molar-refractivity contribution in [1.82, 2.24) is 15.5 Å². The van der Waals surface area contributed by atoms with Gasteiger partial charge in [0.25, 0.3) is 11.1 Å². The van der Waals surface area contributed by atoms with Crippen molar-refractivity contribution in [2.45, 2.75) is 45.2 Å². The molecule has 28 heavy (non-hydrogen) atoms. The Bertz CT molecular complexity index is 810. The van der Waals surface area contributed by atoms with E-state index in [1.807, 2.05) is 20.8 Å². The Labute approximate surface area is 168 Å². The summed E-state index contributed by atoms with van der Waals surface area (Å²) in [6.07, 6.45) is 3.07. The highest BCUT2D eigenvalue weighted by Crippen LogP contribution is 2.30. The number of rotatable bonds is 3. The third-order valence-corrected chi connectivity index (χ3v) is 5.41. The molecule has 2 fully saturated rings. The van der Waals surface area contributed by atoms with Gasteiger partial charge in [0, 0.05) is 23.7 Å². The van der Waals surface area contributed by atoms with E-state index in [9.17, 15) is 14.4 Å². The molecule has 7 nitrogen and oxygen atoms in total. The van der Waals surface area contributed by atoms with Crippen LogP contribution >= 0.6 is 11.8 Å². The molecule has 1 atom stereocenters. The molecule has 0 bridgehead atoms. The van der Waals surface area contributed by atoms with Gasteiger partial charge in [-0.1, -0.05) is 18.2 Å². The lowest BCUT2D eigenvalue weighted by Crippen LogP contribution is -2.57. The summed E-state index contributed by atoms with van der Waals surface area (Å²) in [7, 11) is 0. The van der Waals surface area contributed by atoms with Crippen LogP contribution in [0.15, 0.2) is 29.2 Å². The first-order valence-electron chi connectivity index (χ1n) is 9.31. The highest BCUT2D eigenvalue weighted by molar-refractivity contribution is 8.18. The number of imide groups is 1. The van der Waals surface area contributed by atoms with Gasteiger partial charge in [-0.2, -0.15) is 0 Å². The highest BCUT2D eigenvalue weighted by atomic mass is 32.2. The predicted molar refractivity (Wildman–Crippen MR) is 109 cm³/mol. The second-order valence-corrected chi connectivity index (χ2v) is 8.81. The smallest absolute Gasteiger partial charge is 0.410 e. The van der Waals surface area contributed by atoms with Crippen molar-refractivity contribution in [3.05, 3.63) is 34.7 Å². The Morgan fingerprint density at radius 2 is 2.04 bits per heavy atom. The van der Waals surface area contributed by atoms with Crippen LogP contribution in [0.4, 0.5) is 9.59 Å². The van der Waals surface area contributed by atoms with Gasteiger partial charge in [-0.05, 0) is 64.1 Å². The maximum Gasteiger partial charge on any atom is 0.415 e. The van der Waals surface area contributed by atoms with Crippen molar-refractivity contribution < 1.29 is 19.1 Å². The van der Waals surface area contributed by atoms with Crippen molar-refractivity contribution in [2.24, 2.45) is 0 Å². The molecule has 1 unspecified atom stereocenters. The minimum absolute atomic E-state index is 0.0561. The molecule has 2 saturated heterocycles. The zero-order valence-corrected chi connectivity index (χ0v) is 17.1. The number of thioether (sulfide) groups is 1. The Morgan fingerprint density at radius 1 is 1.29 bits per heavy atom. The number of hydrogen-bond donors (Lipinski definition) is 2. The van der Waals surface area contributed by atoms with Gasteiger partial charge >= 0.3 is 6.09 Å². The molecule has 0 radical (unpaired) electrons. The summed E-state index contributed by atoms with van der Waals surface area (Å²) >= 11 is 0.832. The summed E-state index contributed by atoms with van der Waals surface area (Å²) in [5.41, 5.74) is 0.167. The van der Waals surface area contributed by atoms with E-state index >= 15 is 0 Å². The quantitative estimate of drug-likeness (QED) is 0.753. The van der Waals surface area contributed by atoms with Gasteiger partial charge < -0.3 is 10.1 Å². The Kier molecular flexibility index (Phi) is 6.10. The minimum Gasteiger partial charge on any atom is -0.410 e. The number of piperidine rings is 1. The number of carbonyl (C=O) groups excluding carboxylic acids is 3. The summed E-state index contributed by atoms with van der Waals surface area (Å²) < 4.78 is 5.75. The molecule has 2 N–H and O–H groups in total. The molecule has 0 aromatic heterocycles. The lowest BCUT2D eigenvalue weighted by molar-refractivity contribution is -0.115. The van der Waals surface area contributed by atoms with Crippen LogP contribution < -0.4 is 15.4 Å². The molecule has 2 heterocycles. The molecule has 3 amide bonds. The van der Waals surface area contributed by atoms with Crippen molar-refractivity contribution >= 4 is 35.1 Å². The normalized spacial score (nSPS) is 21.5. The van der Waals surface area contributed by atoms with Crippen molar-refractivity contribution in [3.8, 4) is 5.75 Å². The monoisotopic (exact) mass is 403 g/mol. The maximum atomic E-state index is 13.1. The van der Waals surface area contributed by atoms with Crippen LogP contribution in [0.3, 0.4) is 0 Å². The van der Waals surface area contributed by atoms with Gasteiger partial charge in [-0.15, -0.1) is 0 Å². The number of amides is 3. The molecule has 0 aliphatic carbocycles. The number of carbonyl (C=O) groups is 3. The summed E-state index contributed by atoms with van der Waals surface area (Å²) in [6, 6.07) is 7.04. The summed E-state index contributed by atoms with van der Waals surface area (Å²) in [5.74, 6) is -0.0912. The van der Waals surface area contributed by atoms with Crippen molar-refractivity contribution in [1.29, 1.82) is 0 Å². The second-order valence-electron chi connectivity index (χ2n) is 7.80. The molecule has 0 spiro atoms. The Hall–Kier alpha value is -2.32. The number of hydrogen-bond acceptors (Lipinski definition) is 6. The third kappa shape index (κ3) is 4.74. The lowest BCUT2D eigenvalue weighted by Gasteiger charge is -2.42. The zero-order valence-electron chi connectivity index (χ0n) is 16.3. The first-order valence-corrected chi connectivity index (χ1v) is 10.1. The van der Waals surface area contributed by atoms with E-state index in [0.29, 0.717) is 11.3 Å². The minimum atomic E-state index is -0.444. The molecule has 0 saturated carbocycles. The van der Waals surface area contributed by atoms with Gasteiger partial charge in [0.05, 0.1) is 4.91 Å². The first-order chi connectivity index (χ1) is 13.3. The van der Waals surface area contributed by atoms with Gasteiger partial charge in [0.2, 0.25) is 0 Å². The van der Waals surface area contributed by atoms with Crippen LogP contribution in [-0.2, 0) is 4.79 Å². The van der Waals surface area contributed by atoms with E-state index in [4.69, 9.17) is 4.74 Å². The molecule has 8 heteroatoms. The van der Waals surface area contributed by atoms with Crippen molar-refractivity contribution in [3.63, 3.8) is 0 Å². The van der Waals surface area contributed by atoms with Gasteiger partial charge in [-0.3, -0.25) is 19.8 Å². The molecule has 1 aromatic carbocycles. The fraction of sp³-hybridized carbons (Fsp3) is 0.450. The van der Waals surface area contributed by atoms with E-state index in [0.717, 1.165) is 37.7 Å². The Balaban J connectivity index is 1.84. The maximum absolute atomic E-state index is 13.1. The first kappa shape index (κ1) is 20.4. The van der Waals surface area contributed by atoms with Crippen LogP contribution in [0.2, 0.25) is 0 Å². The molecule has 2 aliphatic heterocycles. The molecule has 150 valence electrons. The summed E-state index contributed by atoms with van der Waals surface area (Å²) in [5, 5.41) is 5.15. The van der Waals surface area contributed by atoms with Gasteiger partial charge in [-0.25, -0.2) is 4.79 Å². The molecular weight excluding hydrogens is 378 g/mol. The largest absolute Gasteiger partial charge is 0.415 e. The van der Waals surface area contributed by atoms with E-state index < -0.39 is 22.8 Å². The molecule has 3 rings (SSSR count). The van der Waals surface area contributed by atoms with Crippen LogP contribution in [0, 0.1) is 0 Å². The molecule has 1 aromatic rings. The fourth-order valence-corrected chi connectivity index (χ4v) is 4.10. The van der Waals surface area contributed by atoms with E-state index in [-0.39, 0.29) is 10.9 Å². The van der Waals surface area contributed by atoms with E-state index in [1.165, 1.54) is 0 Å². The number of benzene rings is 1. The topological polar surface area (TPSA) is 87.7 Å². The number of ether oxygens (including phenoxy) is 1. The third-order valence-electron chi connectivity index (χ3n) is 4.60. The number of para-hydroxylation sites is 1. The van der Waals surface area contributed by atoms with Crippen LogP contribution in [0.1, 0.15) is 39.2 Å². The fourth-order valence-electron chi connectivity index (χ4n) is 3.42. The summed E-state index contributed by atoms with van der Waals surface area (Å²) in [4.78, 5) is 38.3. The second kappa shape index (κ2) is 8.36. The summed E-state index contributed by atoms with van der Waals surface area (Å²) in [6.45, 7) is 7.65. The van der Waals surface area contributed by atoms with Crippen LogP contribution in [0.5, 0.6) is 5.75 Å². The average molecular weight is 404 g/mol. The van der Waals surface area contributed by atoms with Gasteiger partial charge in [0.1, 0.15) is 5.75 Å². The van der Waals surface area contributed by atoms with Crippen LogP contribution in [0.25, 0.3) is 6.08 Å². The predicted octanol–water partition coefficient (Wildman–Crippen LogP) is 3.36. The Morgan fingerprint density at radius 3 is 2.64 bits per heavy atom. The SMILES string of the molecule is CC(C)(C)N(C(=O)Oc1ccccc1C=C1SC(=O)NC1=O)C1CCCNC1. The molecule has 2 aliphatic rings. The molecular formula is C20H25N3O4S. The average Bonchev–Trinajstić information content (AvgIpc) is 2.93.